The molecule has 8 heteroatoms. The molecule has 3 N–H and O–H groups in total. The van der Waals surface area contributed by atoms with Crippen LogP contribution < -0.4 is 15.2 Å². The van der Waals surface area contributed by atoms with Gasteiger partial charge in [-0.2, -0.15) is 0 Å². The molecule has 0 bridgehead atoms. The molecule has 0 amide bonds. The predicted molar refractivity (Wildman–Crippen MR) is 70.0 cm³/mol. The summed E-state index contributed by atoms with van der Waals surface area (Å²) in [5.74, 6) is -0.653. The lowest BCUT2D eigenvalue weighted by molar-refractivity contribution is -0.385. The molecule has 1 rings (SSSR count). The molecule has 0 fully saturated rings. The van der Waals surface area contributed by atoms with Gasteiger partial charge in [0.15, 0.2) is 11.5 Å². The highest BCUT2D eigenvalue weighted by molar-refractivity contribution is 5.77. The first-order chi connectivity index (χ1) is 9.27. The van der Waals surface area contributed by atoms with E-state index in [0.717, 1.165) is 0 Å². The molecule has 0 aliphatic carbocycles. The number of ether oxygens (including phenoxy) is 2. The minimum atomic E-state index is -1.42. The van der Waals surface area contributed by atoms with Gasteiger partial charge in [-0.3, -0.25) is 14.9 Å². The fourth-order valence-corrected chi connectivity index (χ4v) is 1.37. The van der Waals surface area contributed by atoms with E-state index in [2.05, 4.69) is 0 Å². The molecule has 0 saturated carbocycles. The van der Waals surface area contributed by atoms with E-state index in [1.165, 1.54) is 32.2 Å². The number of nitro benzene ring substituents is 1. The van der Waals surface area contributed by atoms with Gasteiger partial charge in [0.2, 0.25) is 0 Å². The first kappa shape index (κ1) is 15.7. The van der Waals surface area contributed by atoms with Crippen molar-refractivity contribution < 1.29 is 24.3 Å². The third kappa shape index (κ3) is 3.82. The van der Waals surface area contributed by atoms with Crippen molar-refractivity contribution in [3.63, 3.8) is 0 Å². The number of nitro groups is 1. The summed E-state index contributed by atoms with van der Waals surface area (Å²) in [4.78, 5) is 21.0. The highest BCUT2D eigenvalue weighted by Crippen LogP contribution is 2.31. The van der Waals surface area contributed by atoms with E-state index < -0.39 is 16.4 Å². The number of hydrogen-bond donors (Lipinski definition) is 2. The smallest absolute Gasteiger partial charge is 0.323 e. The van der Waals surface area contributed by atoms with Crippen molar-refractivity contribution in [3.05, 3.63) is 28.3 Å². The largest absolute Gasteiger partial charge is 0.493 e. The van der Waals surface area contributed by atoms with Crippen LogP contribution in [0.1, 0.15) is 13.3 Å². The SMILES string of the molecule is COc1ccc([N+](=O)[O-])cc1OCCC(C)(N)C(=O)O. The third-order valence-corrected chi connectivity index (χ3v) is 2.73. The maximum absolute atomic E-state index is 10.8. The van der Waals surface area contributed by atoms with Crippen LogP contribution in [-0.4, -0.2) is 35.3 Å². The van der Waals surface area contributed by atoms with Gasteiger partial charge < -0.3 is 20.3 Å². The van der Waals surface area contributed by atoms with Crippen LogP contribution in [-0.2, 0) is 4.79 Å². The summed E-state index contributed by atoms with van der Waals surface area (Å²) in [5, 5.41) is 19.5. The lowest BCUT2D eigenvalue weighted by Crippen LogP contribution is -2.45. The number of carboxylic acids is 1. The van der Waals surface area contributed by atoms with E-state index in [-0.39, 0.29) is 24.5 Å². The lowest BCUT2D eigenvalue weighted by Gasteiger charge is -2.19. The lowest BCUT2D eigenvalue weighted by atomic mass is 10.0. The quantitative estimate of drug-likeness (QED) is 0.568. The van der Waals surface area contributed by atoms with Gasteiger partial charge in [-0.15, -0.1) is 0 Å². The van der Waals surface area contributed by atoms with Crippen molar-refractivity contribution in [2.45, 2.75) is 18.9 Å². The Hall–Kier alpha value is -2.35. The number of benzene rings is 1. The number of aliphatic carboxylic acids is 1. The zero-order valence-electron chi connectivity index (χ0n) is 11.2. The number of non-ortho nitro benzene ring substituents is 1. The summed E-state index contributed by atoms with van der Waals surface area (Å²) < 4.78 is 10.3. The highest BCUT2D eigenvalue weighted by atomic mass is 16.6. The molecule has 1 atom stereocenters. The second-order valence-corrected chi connectivity index (χ2v) is 4.41. The fraction of sp³-hybridized carbons (Fsp3) is 0.417. The number of methoxy groups -OCH3 is 1. The van der Waals surface area contributed by atoms with Crippen LogP contribution >= 0.6 is 0 Å². The molecule has 0 saturated heterocycles. The zero-order chi connectivity index (χ0) is 15.3. The van der Waals surface area contributed by atoms with Gasteiger partial charge >= 0.3 is 5.97 Å². The molecule has 0 radical (unpaired) electrons. The van der Waals surface area contributed by atoms with Crippen molar-refractivity contribution in [1.29, 1.82) is 0 Å². The van der Waals surface area contributed by atoms with Crippen LogP contribution in [0, 0.1) is 10.1 Å². The fourth-order valence-electron chi connectivity index (χ4n) is 1.37. The van der Waals surface area contributed by atoms with E-state index in [1.54, 1.807) is 0 Å². The summed E-state index contributed by atoms with van der Waals surface area (Å²) in [6.45, 7) is 1.36. The maximum atomic E-state index is 10.8. The Morgan fingerprint density at radius 3 is 2.65 bits per heavy atom. The van der Waals surface area contributed by atoms with Crippen LogP contribution in [0.4, 0.5) is 5.69 Å². The third-order valence-electron chi connectivity index (χ3n) is 2.73. The Bertz CT molecular complexity index is 515. The Morgan fingerprint density at radius 2 is 2.15 bits per heavy atom. The Balaban J connectivity index is 2.78. The van der Waals surface area contributed by atoms with Gasteiger partial charge in [0.25, 0.3) is 5.69 Å². The summed E-state index contributed by atoms with van der Waals surface area (Å²) in [5.41, 5.74) is 3.99. The molecule has 8 nitrogen and oxygen atoms in total. The van der Waals surface area contributed by atoms with Crippen LogP contribution in [0.3, 0.4) is 0 Å². The van der Waals surface area contributed by atoms with Crippen LogP contribution in [0.2, 0.25) is 0 Å². The standard InChI is InChI=1S/C12H16N2O6/c1-12(13,11(15)16)5-6-20-10-7-8(14(17)18)3-4-9(10)19-2/h3-4,7H,5-6,13H2,1-2H3,(H,15,16). The predicted octanol–water partition coefficient (Wildman–Crippen LogP) is 1.17. The van der Waals surface area contributed by atoms with Crippen molar-refractivity contribution >= 4 is 11.7 Å². The van der Waals surface area contributed by atoms with Gasteiger partial charge in [0.05, 0.1) is 24.7 Å². The molecule has 0 heterocycles. The monoisotopic (exact) mass is 284 g/mol. The minimum absolute atomic E-state index is 0.00315. The molecule has 1 aromatic rings. The topological polar surface area (TPSA) is 125 Å². The number of rotatable bonds is 7. The van der Waals surface area contributed by atoms with E-state index in [4.69, 9.17) is 20.3 Å². The van der Waals surface area contributed by atoms with Crippen LogP contribution in [0.15, 0.2) is 18.2 Å². The molecule has 0 aliphatic rings. The summed E-state index contributed by atoms with van der Waals surface area (Å²) in [6.07, 6.45) is 0.0498. The summed E-state index contributed by atoms with van der Waals surface area (Å²) in [7, 11) is 1.40. The first-order valence-electron chi connectivity index (χ1n) is 5.75. The summed E-state index contributed by atoms with van der Waals surface area (Å²) >= 11 is 0. The van der Waals surface area contributed by atoms with Gasteiger partial charge in [0.1, 0.15) is 5.54 Å². The average molecular weight is 284 g/mol. The number of carboxylic acid groups (broad SMARTS) is 1. The number of hydrogen-bond acceptors (Lipinski definition) is 6. The minimum Gasteiger partial charge on any atom is -0.493 e. The molecule has 0 spiro atoms. The van der Waals surface area contributed by atoms with Crippen LogP contribution in [0.5, 0.6) is 11.5 Å². The number of nitrogens with zero attached hydrogens (tertiary/aromatic N) is 1. The Kier molecular flexibility index (Phi) is 4.87. The van der Waals surface area contributed by atoms with Crippen molar-refractivity contribution in [1.82, 2.24) is 0 Å². The Morgan fingerprint density at radius 1 is 1.50 bits per heavy atom. The molecular weight excluding hydrogens is 268 g/mol. The second kappa shape index (κ2) is 6.20. The van der Waals surface area contributed by atoms with E-state index in [9.17, 15) is 14.9 Å². The van der Waals surface area contributed by atoms with Gasteiger partial charge in [-0.25, -0.2) is 0 Å². The summed E-state index contributed by atoms with van der Waals surface area (Å²) in [6, 6.07) is 3.91. The normalized spacial score (nSPS) is 13.3. The molecule has 110 valence electrons. The molecular formula is C12H16N2O6. The van der Waals surface area contributed by atoms with Gasteiger partial charge in [-0.05, 0) is 13.0 Å². The van der Waals surface area contributed by atoms with E-state index >= 15 is 0 Å². The zero-order valence-corrected chi connectivity index (χ0v) is 11.2. The maximum Gasteiger partial charge on any atom is 0.323 e. The first-order valence-corrected chi connectivity index (χ1v) is 5.75. The van der Waals surface area contributed by atoms with Crippen molar-refractivity contribution in [2.24, 2.45) is 5.73 Å². The van der Waals surface area contributed by atoms with E-state index in [1.807, 2.05) is 0 Å². The molecule has 20 heavy (non-hydrogen) atoms. The number of carbonyl (C=O) groups is 1. The average Bonchev–Trinajstić information content (AvgIpc) is 2.38. The highest BCUT2D eigenvalue weighted by Gasteiger charge is 2.27. The van der Waals surface area contributed by atoms with Gasteiger partial charge in [-0.1, -0.05) is 0 Å². The van der Waals surface area contributed by atoms with Crippen molar-refractivity contribution in [3.8, 4) is 11.5 Å². The number of nitrogens with two attached hydrogens (primary N) is 1. The molecule has 1 aromatic carbocycles. The van der Waals surface area contributed by atoms with E-state index in [0.29, 0.717) is 5.75 Å². The Labute approximate surface area is 115 Å². The van der Waals surface area contributed by atoms with Crippen LogP contribution in [0.25, 0.3) is 0 Å². The molecule has 0 aliphatic heterocycles. The second-order valence-electron chi connectivity index (χ2n) is 4.41. The molecule has 1 unspecified atom stereocenters. The molecule has 0 aromatic heterocycles. The van der Waals surface area contributed by atoms with Crippen molar-refractivity contribution in [2.75, 3.05) is 13.7 Å². The van der Waals surface area contributed by atoms with Gasteiger partial charge in [0, 0.05) is 12.5 Å².